The van der Waals surface area contributed by atoms with Crippen LogP contribution in [-0.4, -0.2) is 15.6 Å². The summed E-state index contributed by atoms with van der Waals surface area (Å²) in [6, 6.07) is 1.63. The van der Waals surface area contributed by atoms with Crippen LogP contribution in [0.1, 0.15) is 28.7 Å². The number of aromatic nitrogens is 2. The molecule has 0 N–H and O–H groups in total. The van der Waals surface area contributed by atoms with Gasteiger partial charge in [0, 0.05) is 6.54 Å². The minimum Gasteiger partial charge on any atom is -0.294 e. The third-order valence-electron chi connectivity index (χ3n) is 3.09. The van der Waals surface area contributed by atoms with E-state index in [4.69, 9.17) is 11.6 Å². The third-order valence-corrected chi connectivity index (χ3v) is 4.41. The zero-order chi connectivity index (χ0) is 15.7. The van der Waals surface area contributed by atoms with Gasteiger partial charge in [-0.1, -0.05) is 11.6 Å². The zero-order valence-corrected chi connectivity index (χ0v) is 13.7. The van der Waals surface area contributed by atoms with Crippen molar-refractivity contribution in [1.29, 1.82) is 0 Å². The van der Waals surface area contributed by atoms with Crippen molar-refractivity contribution in [3.63, 3.8) is 0 Å². The van der Waals surface area contributed by atoms with Crippen LogP contribution in [0.3, 0.4) is 0 Å². The largest absolute Gasteiger partial charge is 0.294 e. The van der Waals surface area contributed by atoms with Gasteiger partial charge in [0.05, 0.1) is 32.9 Å². The highest BCUT2D eigenvalue weighted by Gasteiger charge is 2.20. The van der Waals surface area contributed by atoms with Crippen molar-refractivity contribution >= 4 is 33.3 Å². The monoisotopic (exact) mass is 376 g/mol. The van der Waals surface area contributed by atoms with Gasteiger partial charge in [-0.2, -0.15) is 5.10 Å². The van der Waals surface area contributed by atoms with Gasteiger partial charge in [-0.25, -0.2) is 8.78 Å². The Kier molecular flexibility index (Phi) is 4.78. The molecule has 0 atom stereocenters. The predicted octanol–water partition coefficient (Wildman–Crippen LogP) is 4.33. The number of carbonyl (C=O) groups excluding carboxylic acids is 1. The quantitative estimate of drug-likeness (QED) is 0.587. The Balaban J connectivity index is 2.37. The number of aryl methyl sites for hydroxylation is 2. The van der Waals surface area contributed by atoms with Crippen LogP contribution in [0.2, 0.25) is 5.02 Å². The Morgan fingerprint density at radius 1 is 1.38 bits per heavy atom. The summed E-state index contributed by atoms with van der Waals surface area (Å²) >= 11 is 8.84. The molecule has 2 rings (SSSR count). The fourth-order valence-corrected chi connectivity index (χ4v) is 2.60. The molecule has 0 spiro atoms. The minimum absolute atomic E-state index is 0.0761. The number of ketones is 1. The summed E-state index contributed by atoms with van der Waals surface area (Å²) in [6.45, 7) is 4.26. The lowest BCUT2D eigenvalue weighted by Crippen LogP contribution is -2.12. The normalized spacial score (nSPS) is 11.0. The first-order valence-electron chi connectivity index (χ1n) is 6.24. The molecule has 0 aliphatic heterocycles. The lowest BCUT2D eigenvalue weighted by molar-refractivity contribution is 0.0986. The molecule has 0 radical (unpaired) electrons. The number of hydrogen-bond donors (Lipinski definition) is 0. The first-order valence-corrected chi connectivity index (χ1v) is 7.41. The van der Waals surface area contributed by atoms with Crippen LogP contribution in [0.5, 0.6) is 0 Å². The van der Waals surface area contributed by atoms with E-state index in [2.05, 4.69) is 21.0 Å². The van der Waals surface area contributed by atoms with Gasteiger partial charge in [-0.05, 0) is 41.9 Å². The second kappa shape index (κ2) is 6.23. The van der Waals surface area contributed by atoms with Gasteiger partial charge < -0.3 is 0 Å². The molecular formula is C14H12BrClF2N2O. The van der Waals surface area contributed by atoms with Gasteiger partial charge in [0.2, 0.25) is 0 Å². The van der Waals surface area contributed by atoms with Crippen LogP contribution in [-0.2, 0) is 13.0 Å². The number of Topliss-reactive ketones (excluding diaryl/α,β-unsaturated/α-hetero) is 1. The van der Waals surface area contributed by atoms with Gasteiger partial charge in [-0.15, -0.1) is 0 Å². The Bertz CT molecular complexity index is 715. The topological polar surface area (TPSA) is 34.9 Å². The Morgan fingerprint density at radius 2 is 2.05 bits per heavy atom. The van der Waals surface area contributed by atoms with Crippen molar-refractivity contribution in [2.45, 2.75) is 26.8 Å². The minimum atomic E-state index is -0.832. The highest BCUT2D eigenvalue weighted by molar-refractivity contribution is 9.10. The maximum Gasteiger partial charge on any atom is 0.171 e. The standard InChI is InChI=1S/C14H12BrClF2N2O/c1-3-20-12(14(15)7(2)19-20)6-13(21)8-4-11(18)9(16)5-10(8)17/h4-5H,3,6H2,1-2H3. The van der Waals surface area contributed by atoms with Crippen LogP contribution in [0, 0.1) is 18.6 Å². The molecule has 21 heavy (non-hydrogen) atoms. The van der Waals surface area contributed by atoms with E-state index in [1.165, 1.54) is 0 Å². The van der Waals surface area contributed by atoms with Crippen LogP contribution in [0.4, 0.5) is 8.78 Å². The average Bonchev–Trinajstić information content (AvgIpc) is 2.70. The van der Waals surface area contributed by atoms with Crippen LogP contribution in [0.15, 0.2) is 16.6 Å². The van der Waals surface area contributed by atoms with Gasteiger partial charge in [0.15, 0.2) is 5.78 Å². The van der Waals surface area contributed by atoms with Crippen molar-refractivity contribution in [2.24, 2.45) is 0 Å². The molecule has 0 aliphatic rings. The van der Waals surface area contributed by atoms with E-state index in [0.717, 1.165) is 17.8 Å². The van der Waals surface area contributed by atoms with Gasteiger partial charge in [0.1, 0.15) is 11.6 Å². The second-order valence-electron chi connectivity index (χ2n) is 4.51. The number of halogens is 4. The molecule has 2 aromatic rings. The molecule has 1 aromatic heterocycles. The summed E-state index contributed by atoms with van der Waals surface area (Å²) in [4.78, 5) is 12.2. The molecule has 0 saturated carbocycles. The SMILES string of the molecule is CCn1nc(C)c(Br)c1CC(=O)c1cc(F)c(Cl)cc1F. The molecule has 1 heterocycles. The fourth-order valence-electron chi connectivity index (χ4n) is 2.02. The van der Waals surface area contributed by atoms with Gasteiger partial charge >= 0.3 is 0 Å². The van der Waals surface area contributed by atoms with Crippen LogP contribution in [0.25, 0.3) is 0 Å². The maximum atomic E-state index is 13.8. The lowest BCUT2D eigenvalue weighted by Gasteiger charge is -2.07. The van der Waals surface area contributed by atoms with E-state index in [1.54, 1.807) is 11.6 Å². The van der Waals surface area contributed by atoms with Crippen molar-refractivity contribution < 1.29 is 13.6 Å². The highest BCUT2D eigenvalue weighted by Crippen LogP contribution is 2.25. The van der Waals surface area contributed by atoms with Crippen LogP contribution < -0.4 is 0 Å². The summed E-state index contributed by atoms with van der Waals surface area (Å²) in [5.74, 6) is -2.18. The Morgan fingerprint density at radius 3 is 2.67 bits per heavy atom. The summed E-state index contributed by atoms with van der Waals surface area (Å²) in [5, 5.41) is 3.91. The third kappa shape index (κ3) is 3.16. The molecule has 0 saturated heterocycles. The van der Waals surface area contributed by atoms with Gasteiger partial charge in [-0.3, -0.25) is 9.48 Å². The number of carbonyl (C=O) groups is 1. The first kappa shape index (κ1) is 16.1. The lowest BCUT2D eigenvalue weighted by atomic mass is 10.1. The van der Waals surface area contributed by atoms with Crippen molar-refractivity contribution in [1.82, 2.24) is 9.78 Å². The van der Waals surface area contributed by atoms with Crippen LogP contribution >= 0.6 is 27.5 Å². The van der Waals surface area contributed by atoms with E-state index < -0.39 is 17.4 Å². The van der Waals surface area contributed by atoms with Crippen molar-refractivity contribution in [3.8, 4) is 0 Å². The molecule has 0 aliphatic carbocycles. The molecule has 1 aromatic carbocycles. The Hall–Kier alpha value is -1.27. The smallest absolute Gasteiger partial charge is 0.171 e. The molecule has 0 unspecified atom stereocenters. The maximum absolute atomic E-state index is 13.8. The molecule has 0 bridgehead atoms. The molecule has 0 fully saturated rings. The number of nitrogens with zero attached hydrogens (tertiary/aromatic N) is 2. The van der Waals surface area contributed by atoms with Gasteiger partial charge in [0.25, 0.3) is 0 Å². The zero-order valence-electron chi connectivity index (χ0n) is 11.4. The van der Waals surface area contributed by atoms with E-state index in [1.807, 2.05) is 6.92 Å². The predicted molar refractivity (Wildman–Crippen MR) is 79.7 cm³/mol. The van der Waals surface area contributed by atoms with E-state index >= 15 is 0 Å². The second-order valence-corrected chi connectivity index (χ2v) is 5.71. The first-order chi connectivity index (χ1) is 9.85. The number of benzene rings is 1. The molecular weight excluding hydrogens is 366 g/mol. The summed E-state index contributed by atoms with van der Waals surface area (Å²) in [7, 11) is 0. The molecule has 0 amide bonds. The van der Waals surface area contributed by atoms with Crippen molar-refractivity contribution in [2.75, 3.05) is 0 Å². The fraction of sp³-hybridized carbons (Fsp3) is 0.286. The summed E-state index contributed by atoms with van der Waals surface area (Å²) in [5.41, 5.74) is 1.06. The molecule has 3 nitrogen and oxygen atoms in total. The van der Waals surface area contributed by atoms with E-state index in [-0.39, 0.29) is 17.0 Å². The number of hydrogen-bond acceptors (Lipinski definition) is 2. The Labute approximate surface area is 134 Å². The molecule has 112 valence electrons. The van der Waals surface area contributed by atoms with Crippen molar-refractivity contribution in [3.05, 3.63) is 50.2 Å². The van der Waals surface area contributed by atoms with E-state index in [9.17, 15) is 13.6 Å². The average molecular weight is 378 g/mol. The highest BCUT2D eigenvalue weighted by atomic mass is 79.9. The summed E-state index contributed by atoms with van der Waals surface area (Å²) in [6.07, 6.45) is -0.0761. The summed E-state index contributed by atoms with van der Waals surface area (Å²) < 4.78 is 29.5. The van der Waals surface area contributed by atoms with E-state index in [0.29, 0.717) is 16.7 Å². The number of rotatable bonds is 4. The molecule has 7 heteroatoms.